The number of thioether (sulfide) groups is 2. The highest BCUT2D eigenvalue weighted by molar-refractivity contribution is 8.18. The van der Waals surface area contributed by atoms with Crippen molar-refractivity contribution in [2.75, 3.05) is 22.7 Å². The molecule has 0 saturated carbocycles. The van der Waals surface area contributed by atoms with Crippen LogP contribution in [0.15, 0.2) is 0 Å². The fourth-order valence-electron chi connectivity index (χ4n) is 0.393. The van der Waals surface area contributed by atoms with E-state index in [2.05, 4.69) is 0 Å². The molecule has 0 amide bonds. The minimum Gasteiger partial charge on any atom is -0.227 e. The van der Waals surface area contributed by atoms with Crippen molar-refractivity contribution in [1.82, 2.24) is 0 Å². The van der Waals surface area contributed by atoms with Crippen LogP contribution >= 0.6 is 23.5 Å². The Morgan fingerprint density at radius 1 is 1.11 bits per heavy atom. The molecule has 0 radical (unpaired) electrons. The van der Waals surface area contributed by atoms with Crippen molar-refractivity contribution in [1.29, 1.82) is 0 Å². The minimum absolute atomic E-state index is 0.244. The van der Waals surface area contributed by atoms with Crippen LogP contribution in [0.25, 0.3) is 0 Å². The summed E-state index contributed by atoms with van der Waals surface area (Å²) in [4.78, 5) is 0. The van der Waals surface area contributed by atoms with Crippen molar-refractivity contribution >= 4 is 33.4 Å². The maximum Gasteiger partial charge on any atom is 0.168 e. The highest BCUT2D eigenvalue weighted by atomic mass is 32.3. The van der Waals surface area contributed by atoms with E-state index in [4.69, 9.17) is 0 Å². The van der Waals surface area contributed by atoms with Crippen LogP contribution in [0.5, 0.6) is 0 Å². The van der Waals surface area contributed by atoms with Crippen molar-refractivity contribution in [3.63, 3.8) is 0 Å². The van der Waals surface area contributed by atoms with Crippen LogP contribution in [-0.4, -0.2) is 31.1 Å². The van der Waals surface area contributed by atoms with Gasteiger partial charge in [-0.05, 0) is 12.5 Å². The van der Waals surface area contributed by atoms with Crippen LogP contribution in [0.3, 0.4) is 0 Å². The van der Waals surface area contributed by atoms with E-state index in [9.17, 15) is 8.42 Å². The van der Waals surface area contributed by atoms with Gasteiger partial charge in [0.15, 0.2) is 9.84 Å². The molecule has 2 nitrogen and oxygen atoms in total. The molecule has 0 aromatic carbocycles. The minimum atomic E-state index is -2.76. The van der Waals surface area contributed by atoms with E-state index in [1.165, 1.54) is 23.5 Å². The molecule has 0 aliphatic carbocycles. The van der Waals surface area contributed by atoms with Crippen molar-refractivity contribution < 1.29 is 8.42 Å². The standard InChI is InChI=1S/C4H10O2S3/c1-7-3-9(5,6)4-8-2/h3-4H2,1-2H3. The molecular weight excluding hydrogens is 176 g/mol. The van der Waals surface area contributed by atoms with E-state index in [-0.39, 0.29) is 10.2 Å². The summed E-state index contributed by atoms with van der Waals surface area (Å²) in [6.07, 6.45) is 3.58. The van der Waals surface area contributed by atoms with E-state index >= 15 is 0 Å². The Labute approximate surface area is 64.7 Å². The number of rotatable bonds is 4. The van der Waals surface area contributed by atoms with Gasteiger partial charge in [0.1, 0.15) is 0 Å². The molecule has 0 aromatic heterocycles. The van der Waals surface area contributed by atoms with Gasteiger partial charge in [-0.1, -0.05) is 0 Å². The van der Waals surface area contributed by atoms with E-state index in [0.717, 1.165) is 0 Å². The van der Waals surface area contributed by atoms with Crippen LogP contribution in [0.1, 0.15) is 0 Å². The SMILES string of the molecule is CSCS(=O)(=O)CSC. The average molecular weight is 186 g/mol. The first-order valence-electron chi connectivity index (χ1n) is 2.30. The van der Waals surface area contributed by atoms with E-state index in [0.29, 0.717) is 0 Å². The molecule has 0 bridgehead atoms. The third-order valence-electron chi connectivity index (χ3n) is 0.595. The molecule has 0 spiro atoms. The Morgan fingerprint density at radius 3 is 1.67 bits per heavy atom. The lowest BCUT2D eigenvalue weighted by Gasteiger charge is -1.96. The fourth-order valence-corrected chi connectivity index (χ4v) is 4.15. The normalized spacial score (nSPS) is 11.8. The summed E-state index contributed by atoms with van der Waals surface area (Å²) in [5.41, 5.74) is 0. The molecule has 0 fully saturated rings. The molecule has 56 valence electrons. The van der Waals surface area contributed by atoms with Gasteiger partial charge >= 0.3 is 0 Å². The summed E-state index contributed by atoms with van der Waals surface area (Å²) < 4.78 is 21.6. The van der Waals surface area contributed by atoms with Crippen LogP contribution in [0.2, 0.25) is 0 Å². The first kappa shape index (κ1) is 9.65. The Hall–Kier alpha value is 0.650. The van der Waals surface area contributed by atoms with Gasteiger partial charge in [0.25, 0.3) is 0 Å². The monoisotopic (exact) mass is 186 g/mol. The van der Waals surface area contributed by atoms with Crippen molar-refractivity contribution in [2.24, 2.45) is 0 Å². The van der Waals surface area contributed by atoms with Gasteiger partial charge in [0, 0.05) is 0 Å². The second kappa shape index (κ2) is 4.46. The summed E-state index contributed by atoms with van der Waals surface area (Å²) in [6, 6.07) is 0. The van der Waals surface area contributed by atoms with Gasteiger partial charge in [-0.2, -0.15) is 0 Å². The summed E-state index contributed by atoms with van der Waals surface area (Å²) >= 11 is 2.69. The summed E-state index contributed by atoms with van der Waals surface area (Å²) in [6.45, 7) is 0. The smallest absolute Gasteiger partial charge is 0.168 e. The molecule has 9 heavy (non-hydrogen) atoms. The van der Waals surface area contributed by atoms with Crippen molar-refractivity contribution in [2.45, 2.75) is 0 Å². The maximum absolute atomic E-state index is 10.8. The second-order valence-electron chi connectivity index (χ2n) is 1.56. The zero-order valence-corrected chi connectivity index (χ0v) is 7.90. The lowest BCUT2D eigenvalue weighted by Crippen LogP contribution is -2.04. The third kappa shape index (κ3) is 5.11. The highest BCUT2D eigenvalue weighted by Gasteiger charge is 2.06. The topological polar surface area (TPSA) is 34.1 Å². The summed E-state index contributed by atoms with van der Waals surface area (Å²) in [5.74, 6) is 0. The molecule has 0 aromatic rings. The number of hydrogen-bond donors (Lipinski definition) is 0. The van der Waals surface area contributed by atoms with Gasteiger partial charge in [-0.3, -0.25) is 0 Å². The fraction of sp³-hybridized carbons (Fsp3) is 1.00. The molecule has 0 rings (SSSR count). The van der Waals surface area contributed by atoms with Gasteiger partial charge in [-0.15, -0.1) is 23.5 Å². The predicted molar refractivity (Wildman–Crippen MR) is 45.7 cm³/mol. The van der Waals surface area contributed by atoms with E-state index < -0.39 is 9.84 Å². The summed E-state index contributed by atoms with van der Waals surface area (Å²) in [7, 11) is -2.76. The molecule has 0 saturated heterocycles. The van der Waals surface area contributed by atoms with Crippen LogP contribution in [0.4, 0.5) is 0 Å². The molecule has 0 atom stereocenters. The van der Waals surface area contributed by atoms with E-state index in [1.807, 2.05) is 0 Å². The molecule has 0 N–H and O–H groups in total. The van der Waals surface area contributed by atoms with Crippen LogP contribution < -0.4 is 0 Å². The lowest BCUT2D eigenvalue weighted by atomic mass is 11.8. The largest absolute Gasteiger partial charge is 0.227 e. The third-order valence-corrected chi connectivity index (χ3v) is 5.35. The average Bonchev–Trinajstić information content (AvgIpc) is 1.64. The molecule has 0 unspecified atom stereocenters. The molecule has 5 heteroatoms. The zero-order valence-electron chi connectivity index (χ0n) is 5.46. The predicted octanol–water partition coefficient (Wildman–Crippen LogP) is 1.04. The van der Waals surface area contributed by atoms with Gasteiger partial charge in [-0.25, -0.2) is 8.42 Å². The second-order valence-corrected chi connectivity index (χ2v) is 6.08. The molecular formula is C4H10O2S3. The van der Waals surface area contributed by atoms with Crippen LogP contribution in [0, 0.1) is 0 Å². The van der Waals surface area contributed by atoms with Crippen molar-refractivity contribution in [3.05, 3.63) is 0 Å². The number of sulfone groups is 1. The first-order valence-corrected chi connectivity index (χ1v) is 6.91. The van der Waals surface area contributed by atoms with Gasteiger partial charge in [0.2, 0.25) is 0 Å². The quantitative estimate of drug-likeness (QED) is 0.657. The van der Waals surface area contributed by atoms with E-state index in [1.54, 1.807) is 12.5 Å². The zero-order chi connectivity index (χ0) is 7.33. The van der Waals surface area contributed by atoms with Gasteiger partial charge < -0.3 is 0 Å². The molecule has 0 aliphatic heterocycles. The lowest BCUT2D eigenvalue weighted by molar-refractivity contribution is 0.605. The van der Waals surface area contributed by atoms with Crippen molar-refractivity contribution in [3.8, 4) is 0 Å². The first-order chi connectivity index (χ1) is 4.12. The summed E-state index contributed by atoms with van der Waals surface area (Å²) in [5, 5.41) is 0.488. The Kier molecular flexibility index (Phi) is 4.79. The van der Waals surface area contributed by atoms with Gasteiger partial charge in [0.05, 0.1) is 10.2 Å². The Balaban J connectivity index is 3.73. The highest BCUT2D eigenvalue weighted by Crippen LogP contribution is 2.06. The maximum atomic E-state index is 10.8. The molecule has 0 aliphatic rings. The van der Waals surface area contributed by atoms with Crippen LogP contribution in [-0.2, 0) is 9.84 Å². The Morgan fingerprint density at radius 2 is 1.44 bits per heavy atom. The Bertz CT molecular complexity index is 137. The molecule has 0 heterocycles. The number of hydrogen-bond acceptors (Lipinski definition) is 4.